The van der Waals surface area contributed by atoms with Crippen molar-refractivity contribution in [1.82, 2.24) is 5.43 Å². The highest BCUT2D eigenvalue weighted by Crippen LogP contribution is 2.35. The van der Waals surface area contributed by atoms with Crippen molar-refractivity contribution in [1.29, 1.82) is 0 Å². The van der Waals surface area contributed by atoms with Crippen LogP contribution in [0, 0.1) is 0 Å². The molecule has 2 aromatic carbocycles. The van der Waals surface area contributed by atoms with Gasteiger partial charge in [-0.1, -0.05) is 17.7 Å². The Morgan fingerprint density at radius 2 is 1.70 bits per heavy atom. The fourth-order valence-corrected chi connectivity index (χ4v) is 2.68. The molecule has 0 aliphatic carbocycles. The topological polar surface area (TPSA) is 73.3 Å². The third-order valence-corrected chi connectivity index (χ3v) is 4.01. The zero-order valence-corrected chi connectivity index (χ0v) is 16.9. The number of hydrazone groups is 1. The van der Waals surface area contributed by atoms with Gasteiger partial charge in [-0.25, -0.2) is 0 Å². The molecular formula is C18H20ClN3O4S. The number of thiocarbonyl (C=S) groups is 1. The van der Waals surface area contributed by atoms with Crippen molar-refractivity contribution >= 4 is 40.8 Å². The standard InChI is InChI=1S/C18H20ClN3O4S/c1-23-14-7-5-6-11(17(14)26-4)10-20-22-18(27)21-13-9-15(24-2)12(19)8-16(13)25-3/h5-10H,1-4H3,(H2,21,22,27)/b20-10+. The number of nitrogens with one attached hydrogen (secondary N) is 2. The molecule has 27 heavy (non-hydrogen) atoms. The maximum absolute atomic E-state index is 6.09. The number of nitrogens with zero attached hydrogens (tertiary/aromatic N) is 1. The van der Waals surface area contributed by atoms with Gasteiger partial charge in [0, 0.05) is 17.7 Å². The van der Waals surface area contributed by atoms with Gasteiger partial charge in [0.15, 0.2) is 16.6 Å². The molecule has 0 unspecified atom stereocenters. The Morgan fingerprint density at radius 1 is 1.00 bits per heavy atom. The lowest BCUT2D eigenvalue weighted by Gasteiger charge is -2.14. The lowest BCUT2D eigenvalue weighted by atomic mass is 10.2. The molecule has 0 atom stereocenters. The number of methoxy groups -OCH3 is 4. The minimum Gasteiger partial charge on any atom is -0.495 e. The summed E-state index contributed by atoms with van der Waals surface area (Å²) in [6, 6.07) is 8.80. The normalized spacial score (nSPS) is 10.4. The Labute approximate surface area is 168 Å². The van der Waals surface area contributed by atoms with Gasteiger partial charge in [-0.2, -0.15) is 5.10 Å². The van der Waals surface area contributed by atoms with Crippen LogP contribution in [0.2, 0.25) is 5.02 Å². The number of hydrogen-bond acceptors (Lipinski definition) is 6. The summed E-state index contributed by atoms with van der Waals surface area (Å²) in [7, 11) is 6.20. The average molecular weight is 410 g/mol. The van der Waals surface area contributed by atoms with E-state index >= 15 is 0 Å². The Bertz CT molecular complexity index is 846. The Morgan fingerprint density at radius 3 is 2.33 bits per heavy atom. The number of para-hydroxylation sites is 1. The molecular weight excluding hydrogens is 390 g/mol. The molecule has 2 N–H and O–H groups in total. The number of rotatable bonds is 7. The second kappa shape index (κ2) is 9.84. The highest BCUT2D eigenvalue weighted by Gasteiger charge is 2.11. The summed E-state index contributed by atoms with van der Waals surface area (Å²) in [6.07, 6.45) is 1.58. The van der Waals surface area contributed by atoms with Gasteiger partial charge in [-0.3, -0.25) is 5.43 Å². The first-order valence-corrected chi connectivity index (χ1v) is 8.55. The van der Waals surface area contributed by atoms with Crippen LogP contribution in [0.4, 0.5) is 5.69 Å². The molecule has 2 rings (SSSR count). The molecule has 2 aromatic rings. The molecule has 0 bridgehead atoms. The number of halogens is 1. The fraction of sp³-hybridized carbons (Fsp3) is 0.222. The molecule has 0 aliphatic rings. The monoisotopic (exact) mass is 409 g/mol. The molecule has 0 fully saturated rings. The van der Waals surface area contributed by atoms with Gasteiger partial charge in [0.05, 0.1) is 45.4 Å². The first-order chi connectivity index (χ1) is 13.0. The van der Waals surface area contributed by atoms with Gasteiger partial charge >= 0.3 is 0 Å². The maximum Gasteiger partial charge on any atom is 0.191 e. The number of hydrogen-bond donors (Lipinski definition) is 2. The van der Waals surface area contributed by atoms with E-state index < -0.39 is 0 Å². The van der Waals surface area contributed by atoms with Crippen LogP contribution < -0.4 is 29.7 Å². The van der Waals surface area contributed by atoms with Gasteiger partial charge in [0.25, 0.3) is 0 Å². The summed E-state index contributed by atoms with van der Waals surface area (Å²) in [5.74, 6) is 2.20. The van der Waals surface area contributed by atoms with E-state index in [0.29, 0.717) is 33.7 Å². The zero-order chi connectivity index (χ0) is 19.8. The Kier molecular flexibility index (Phi) is 7.51. The minimum atomic E-state index is 0.260. The minimum absolute atomic E-state index is 0.260. The summed E-state index contributed by atoms with van der Waals surface area (Å²) in [6.45, 7) is 0. The molecule has 0 saturated carbocycles. The summed E-state index contributed by atoms with van der Waals surface area (Å²) in [5.41, 5.74) is 4.06. The van der Waals surface area contributed by atoms with E-state index in [1.807, 2.05) is 12.1 Å². The highest BCUT2D eigenvalue weighted by atomic mass is 35.5. The number of benzene rings is 2. The predicted octanol–water partition coefficient (Wildman–Crippen LogP) is 3.69. The van der Waals surface area contributed by atoms with Crippen LogP contribution in [0.5, 0.6) is 23.0 Å². The number of ether oxygens (including phenoxy) is 4. The SMILES string of the molecule is COc1cc(NC(=S)N/N=C/c2cccc(OC)c2OC)c(OC)cc1Cl. The van der Waals surface area contributed by atoms with Crippen molar-refractivity contribution < 1.29 is 18.9 Å². The lowest BCUT2D eigenvalue weighted by Crippen LogP contribution is -2.24. The summed E-state index contributed by atoms with van der Waals surface area (Å²) in [4.78, 5) is 0. The quantitative estimate of drug-likeness (QED) is 0.410. The van der Waals surface area contributed by atoms with E-state index in [2.05, 4.69) is 15.8 Å². The first-order valence-electron chi connectivity index (χ1n) is 7.76. The van der Waals surface area contributed by atoms with Crippen LogP contribution in [0.25, 0.3) is 0 Å². The Balaban J connectivity index is 2.10. The molecule has 0 spiro atoms. The molecule has 144 valence electrons. The molecule has 9 heteroatoms. The van der Waals surface area contributed by atoms with Crippen molar-refractivity contribution in [2.45, 2.75) is 0 Å². The van der Waals surface area contributed by atoms with Crippen LogP contribution in [-0.4, -0.2) is 39.8 Å². The van der Waals surface area contributed by atoms with Gasteiger partial charge in [0.1, 0.15) is 11.5 Å². The first kappa shape index (κ1) is 20.6. The van der Waals surface area contributed by atoms with Crippen LogP contribution in [-0.2, 0) is 0 Å². The number of anilines is 1. The van der Waals surface area contributed by atoms with E-state index in [9.17, 15) is 0 Å². The van der Waals surface area contributed by atoms with Gasteiger partial charge in [-0.05, 0) is 24.4 Å². The maximum atomic E-state index is 6.09. The third kappa shape index (κ3) is 5.15. The van der Waals surface area contributed by atoms with Gasteiger partial charge < -0.3 is 24.3 Å². The molecule has 0 heterocycles. The molecule has 0 amide bonds. The Hall–Kier alpha value is -2.71. The van der Waals surface area contributed by atoms with Crippen LogP contribution >= 0.6 is 23.8 Å². The third-order valence-electron chi connectivity index (χ3n) is 3.53. The molecule has 0 saturated heterocycles. The van der Waals surface area contributed by atoms with E-state index in [4.69, 9.17) is 42.8 Å². The summed E-state index contributed by atoms with van der Waals surface area (Å²) >= 11 is 11.4. The smallest absolute Gasteiger partial charge is 0.191 e. The second-order valence-corrected chi connectivity index (χ2v) is 5.91. The van der Waals surface area contributed by atoms with Crippen LogP contribution in [0.15, 0.2) is 35.4 Å². The molecule has 0 aliphatic heterocycles. The van der Waals surface area contributed by atoms with E-state index in [-0.39, 0.29) is 5.11 Å². The van der Waals surface area contributed by atoms with E-state index in [0.717, 1.165) is 5.56 Å². The van der Waals surface area contributed by atoms with Crippen molar-refractivity contribution in [3.63, 3.8) is 0 Å². The zero-order valence-electron chi connectivity index (χ0n) is 15.3. The van der Waals surface area contributed by atoms with Crippen molar-refractivity contribution in [2.24, 2.45) is 5.10 Å². The van der Waals surface area contributed by atoms with Crippen molar-refractivity contribution in [3.05, 3.63) is 40.9 Å². The average Bonchev–Trinajstić information content (AvgIpc) is 2.68. The van der Waals surface area contributed by atoms with E-state index in [1.165, 1.54) is 14.2 Å². The van der Waals surface area contributed by atoms with Crippen LogP contribution in [0.1, 0.15) is 5.56 Å². The highest BCUT2D eigenvalue weighted by molar-refractivity contribution is 7.80. The predicted molar refractivity (Wildman–Crippen MR) is 111 cm³/mol. The van der Waals surface area contributed by atoms with E-state index in [1.54, 1.807) is 38.6 Å². The van der Waals surface area contributed by atoms with Gasteiger partial charge in [0.2, 0.25) is 0 Å². The fourth-order valence-electron chi connectivity index (χ4n) is 2.28. The summed E-state index contributed by atoms with van der Waals surface area (Å²) in [5, 5.41) is 7.81. The van der Waals surface area contributed by atoms with Gasteiger partial charge in [-0.15, -0.1) is 0 Å². The largest absolute Gasteiger partial charge is 0.495 e. The summed E-state index contributed by atoms with van der Waals surface area (Å²) < 4.78 is 21.1. The van der Waals surface area contributed by atoms with Crippen LogP contribution in [0.3, 0.4) is 0 Å². The molecule has 0 aromatic heterocycles. The second-order valence-electron chi connectivity index (χ2n) is 5.09. The lowest BCUT2D eigenvalue weighted by molar-refractivity contribution is 0.354. The molecule has 0 radical (unpaired) electrons. The van der Waals surface area contributed by atoms with Crippen molar-refractivity contribution in [2.75, 3.05) is 33.8 Å². The molecule has 7 nitrogen and oxygen atoms in total. The van der Waals surface area contributed by atoms with Crippen molar-refractivity contribution in [3.8, 4) is 23.0 Å².